The van der Waals surface area contributed by atoms with Crippen LogP contribution in [0, 0.1) is 17.0 Å². The molecule has 204 valence electrons. The van der Waals surface area contributed by atoms with Gasteiger partial charge in [-0.1, -0.05) is 51.1 Å². The second-order valence-corrected chi connectivity index (χ2v) is 12.6. The van der Waals surface area contributed by atoms with Crippen LogP contribution in [0.4, 0.5) is 13.6 Å². The number of aromatic nitrogens is 3. The molecule has 38 heavy (non-hydrogen) atoms. The first-order valence-corrected chi connectivity index (χ1v) is 14.1. The third kappa shape index (κ3) is 5.86. The molecular weight excluding hydrogens is 514 g/mol. The second-order valence-electron chi connectivity index (χ2n) is 10.6. The molecule has 2 amide bonds. The Morgan fingerprint density at radius 2 is 1.82 bits per heavy atom. The molecule has 2 N–H and O–H groups in total. The molecule has 0 radical (unpaired) electrons. The molecule has 0 saturated carbocycles. The topological polar surface area (TPSA) is 114 Å². The first kappa shape index (κ1) is 27.6. The van der Waals surface area contributed by atoms with E-state index in [4.69, 9.17) is 10.7 Å². The summed E-state index contributed by atoms with van der Waals surface area (Å²) in [5, 5.41) is 4.58. The molecule has 1 unspecified atom stereocenters. The van der Waals surface area contributed by atoms with E-state index in [1.54, 1.807) is 4.68 Å². The van der Waals surface area contributed by atoms with E-state index in [1.807, 2.05) is 51.1 Å². The number of rotatable bonds is 6. The van der Waals surface area contributed by atoms with Gasteiger partial charge in [0.15, 0.2) is 5.82 Å². The Morgan fingerprint density at radius 3 is 2.42 bits per heavy atom. The van der Waals surface area contributed by atoms with Gasteiger partial charge in [-0.2, -0.15) is 9.40 Å². The summed E-state index contributed by atoms with van der Waals surface area (Å²) < 4.78 is 56.7. The van der Waals surface area contributed by atoms with Crippen LogP contribution in [0.15, 0.2) is 48.5 Å². The molecule has 1 aliphatic heterocycles. The molecule has 2 atom stereocenters. The number of nitrogens with two attached hydrogens (primary N) is 1. The zero-order valence-electron chi connectivity index (χ0n) is 21.8. The lowest BCUT2D eigenvalue weighted by atomic mass is 9.74. The molecule has 12 heteroatoms. The van der Waals surface area contributed by atoms with Gasteiger partial charge in [-0.15, -0.1) is 0 Å². The SMILES string of the molecule is CC(C)(C)[C@@H](c1nc(-c2cc(F)ccc2F)nn1Cc1ccccc1)C1CN(S(C)(=O)=O)CCN1C(N)=O. The highest BCUT2D eigenvalue weighted by Crippen LogP contribution is 2.41. The van der Waals surface area contributed by atoms with Gasteiger partial charge in [0.25, 0.3) is 0 Å². The molecule has 1 aliphatic rings. The van der Waals surface area contributed by atoms with Crippen molar-refractivity contribution >= 4 is 16.1 Å². The van der Waals surface area contributed by atoms with Crippen molar-refractivity contribution < 1.29 is 22.0 Å². The highest BCUT2D eigenvalue weighted by molar-refractivity contribution is 7.88. The first-order valence-electron chi connectivity index (χ1n) is 12.2. The predicted octanol–water partition coefficient (Wildman–Crippen LogP) is 3.43. The minimum atomic E-state index is -3.56. The number of piperazine rings is 1. The highest BCUT2D eigenvalue weighted by Gasteiger charge is 2.45. The Bertz CT molecular complexity index is 1420. The Labute approximate surface area is 221 Å². The van der Waals surface area contributed by atoms with Gasteiger partial charge in [0.2, 0.25) is 10.0 Å². The smallest absolute Gasteiger partial charge is 0.315 e. The first-order chi connectivity index (χ1) is 17.8. The fourth-order valence-corrected chi connectivity index (χ4v) is 5.86. The number of urea groups is 1. The van der Waals surface area contributed by atoms with E-state index in [-0.39, 0.29) is 37.6 Å². The van der Waals surface area contributed by atoms with Crippen molar-refractivity contribution in [2.24, 2.45) is 11.1 Å². The van der Waals surface area contributed by atoms with Crippen molar-refractivity contribution in [1.29, 1.82) is 0 Å². The molecule has 0 spiro atoms. The number of carbonyl (C=O) groups is 1. The van der Waals surface area contributed by atoms with Crippen LogP contribution in [-0.2, 0) is 16.6 Å². The molecule has 1 aromatic heterocycles. The lowest BCUT2D eigenvalue weighted by molar-refractivity contribution is 0.0865. The average molecular weight is 547 g/mol. The molecule has 0 aliphatic carbocycles. The van der Waals surface area contributed by atoms with Crippen LogP contribution >= 0.6 is 0 Å². The van der Waals surface area contributed by atoms with Crippen LogP contribution in [0.3, 0.4) is 0 Å². The van der Waals surface area contributed by atoms with Crippen molar-refractivity contribution in [2.75, 3.05) is 25.9 Å². The van der Waals surface area contributed by atoms with Gasteiger partial charge in [-0.25, -0.2) is 31.7 Å². The van der Waals surface area contributed by atoms with Gasteiger partial charge in [0.1, 0.15) is 17.5 Å². The Hall–Kier alpha value is -3.38. The van der Waals surface area contributed by atoms with Gasteiger partial charge in [-0.05, 0) is 29.2 Å². The molecule has 2 heterocycles. The standard InChI is InChI=1S/C26H32F2N6O3S/c1-26(2,3)22(21-16-32(38(4,36)37)12-13-33(21)25(29)35)24-30-23(19-14-18(27)10-11-20(19)28)31-34(24)15-17-8-6-5-7-9-17/h5-11,14,21-22H,12-13,15-16H2,1-4H3,(H2,29,35)/t21?,22-/m1/s1. The Balaban J connectivity index is 1.91. The van der Waals surface area contributed by atoms with Gasteiger partial charge in [0.05, 0.1) is 24.4 Å². The highest BCUT2D eigenvalue weighted by atomic mass is 32.2. The zero-order chi connectivity index (χ0) is 27.8. The minimum Gasteiger partial charge on any atom is -0.351 e. The normalized spacial score (nSPS) is 17.9. The van der Waals surface area contributed by atoms with Crippen molar-refractivity contribution in [3.8, 4) is 11.4 Å². The fourth-order valence-electron chi connectivity index (χ4n) is 5.02. The van der Waals surface area contributed by atoms with Crippen LogP contribution in [0.5, 0.6) is 0 Å². The predicted molar refractivity (Wildman–Crippen MR) is 140 cm³/mol. The summed E-state index contributed by atoms with van der Waals surface area (Å²) in [7, 11) is -3.56. The summed E-state index contributed by atoms with van der Waals surface area (Å²) in [5.41, 5.74) is 5.98. The largest absolute Gasteiger partial charge is 0.351 e. The van der Waals surface area contributed by atoms with Crippen LogP contribution in [0.25, 0.3) is 11.4 Å². The van der Waals surface area contributed by atoms with Crippen LogP contribution in [0.1, 0.15) is 38.1 Å². The van der Waals surface area contributed by atoms with Crippen LogP contribution in [-0.4, -0.2) is 70.4 Å². The number of benzene rings is 2. The maximum absolute atomic E-state index is 14.8. The number of nitrogens with zero attached hydrogens (tertiary/aromatic N) is 5. The Kier molecular flexibility index (Phi) is 7.57. The lowest BCUT2D eigenvalue weighted by Gasteiger charge is -2.46. The van der Waals surface area contributed by atoms with Gasteiger partial charge < -0.3 is 10.6 Å². The van der Waals surface area contributed by atoms with Crippen LogP contribution in [0.2, 0.25) is 0 Å². The summed E-state index contributed by atoms with van der Waals surface area (Å²) in [6.45, 7) is 6.33. The summed E-state index contributed by atoms with van der Waals surface area (Å²) in [4.78, 5) is 18.7. The van der Waals surface area contributed by atoms with Crippen LogP contribution < -0.4 is 5.73 Å². The van der Waals surface area contributed by atoms with E-state index in [9.17, 15) is 22.0 Å². The van der Waals surface area contributed by atoms with E-state index in [0.29, 0.717) is 5.82 Å². The molecule has 9 nitrogen and oxygen atoms in total. The second kappa shape index (κ2) is 10.4. The zero-order valence-corrected chi connectivity index (χ0v) is 22.6. The van der Waals surface area contributed by atoms with E-state index in [0.717, 1.165) is 30.0 Å². The van der Waals surface area contributed by atoms with Crippen molar-refractivity contribution in [1.82, 2.24) is 24.0 Å². The number of hydrogen-bond acceptors (Lipinski definition) is 5. The maximum Gasteiger partial charge on any atom is 0.315 e. The van der Waals surface area contributed by atoms with Gasteiger partial charge >= 0.3 is 6.03 Å². The third-order valence-corrected chi connectivity index (χ3v) is 8.04. The molecule has 1 saturated heterocycles. The van der Waals surface area contributed by atoms with Gasteiger partial charge in [-0.3, -0.25) is 0 Å². The Morgan fingerprint density at radius 1 is 1.13 bits per heavy atom. The van der Waals surface area contributed by atoms with Gasteiger partial charge in [0, 0.05) is 25.6 Å². The molecule has 4 rings (SSSR count). The number of carbonyl (C=O) groups excluding carboxylic acids is 1. The minimum absolute atomic E-state index is 0.00552. The summed E-state index contributed by atoms with van der Waals surface area (Å²) >= 11 is 0. The fraction of sp³-hybridized carbons (Fsp3) is 0.423. The molecule has 1 fully saturated rings. The quantitative estimate of drug-likeness (QED) is 0.509. The lowest BCUT2D eigenvalue weighted by Crippen LogP contribution is -2.61. The molecule has 2 aromatic carbocycles. The van der Waals surface area contributed by atoms with E-state index in [1.165, 1.54) is 9.21 Å². The van der Waals surface area contributed by atoms with Crippen molar-refractivity contribution in [3.05, 3.63) is 71.6 Å². The summed E-state index contributed by atoms with van der Waals surface area (Å²) in [6, 6.07) is 11.2. The van der Waals surface area contributed by atoms with Crippen molar-refractivity contribution in [3.63, 3.8) is 0 Å². The summed E-state index contributed by atoms with van der Waals surface area (Å²) in [5.74, 6) is -1.48. The third-order valence-electron chi connectivity index (χ3n) is 6.77. The maximum atomic E-state index is 14.8. The van der Waals surface area contributed by atoms with Crippen molar-refractivity contribution in [2.45, 2.75) is 39.3 Å². The monoisotopic (exact) mass is 546 g/mol. The number of amides is 2. The van der Waals surface area contributed by atoms with E-state index < -0.39 is 45.1 Å². The average Bonchev–Trinajstić information content (AvgIpc) is 3.22. The molecule has 3 aromatic rings. The number of hydrogen-bond donors (Lipinski definition) is 1. The molecule has 0 bridgehead atoms. The number of primary amides is 1. The van der Waals surface area contributed by atoms with E-state index >= 15 is 0 Å². The number of halogens is 2. The summed E-state index contributed by atoms with van der Waals surface area (Å²) in [6.07, 6.45) is 1.12. The number of sulfonamides is 1. The molecular formula is C26H32F2N6O3S. The van der Waals surface area contributed by atoms with E-state index in [2.05, 4.69) is 5.10 Å².